The van der Waals surface area contributed by atoms with Crippen LogP contribution < -0.4 is 20.1 Å². The molecule has 10 heterocycles. The van der Waals surface area contributed by atoms with Gasteiger partial charge in [-0.1, -0.05) is 23.2 Å². The zero-order chi connectivity index (χ0) is 58.4. The van der Waals surface area contributed by atoms with Crippen LogP contribution in [-0.2, 0) is 19.1 Å². The van der Waals surface area contributed by atoms with E-state index in [1.165, 1.54) is 92.0 Å². The van der Waals surface area contributed by atoms with Crippen molar-refractivity contribution in [2.24, 2.45) is 0 Å². The van der Waals surface area contributed by atoms with Crippen LogP contribution >= 0.6 is 23.2 Å². The summed E-state index contributed by atoms with van der Waals surface area (Å²) in [6.45, 7) is 3.44. The molecule has 0 aliphatic carbocycles. The van der Waals surface area contributed by atoms with Gasteiger partial charge in [-0.15, -0.1) is 0 Å². The highest BCUT2D eigenvalue weighted by Crippen LogP contribution is 2.41. The third kappa shape index (κ3) is 12.9. The predicted molar refractivity (Wildman–Crippen MR) is 295 cm³/mol. The molecule has 8 aromatic rings. The average Bonchev–Trinajstić information content (AvgIpc) is 3.57. The Morgan fingerprint density at radius 3 is 1.43 bits per heavy atom. The molecular weight excluding hydrogens is 1150 g/mol. The van der Waals surface area contributed by atoms with Gasteiger partial charge in [-0.25, -0.2) is 19.0 Å². The molecule has 2 aromatic carbocycles. The van der Waals surface area contributed by atoms with Gasteiger partial charge in [0.25, 0.3) is 11.8 Å². The molecular formula is C54H54Cl2F4N16O8. The summed E-state index contributed by atoms with van der Waals surface area (Å²) in [5.74, 6) is -1.69. The lowest BCUT2D eigenvalue weighted by atomic mass is 10.1. The highest BCUT2D eigenvalue weighted by atomic mass is 35.5. The summed E-state index contributed by atoms with van der Waals surface area (Å²) in [6.07, 6.45) is 13.1. The average molecular weight is 1200 g/mol. The fourth-order valence-corrected chi connectivity index (χ4v) is 10.7. The van der Waals surface area contributed by atoms with E-state index in [4.69, 9.17) is 42.1 Å². The summed E-state index contributed by atoms with van der Waals surface area (Å²) < 4.78 is 79.2. The summed E-state index contributed by atoms with van der Waals surface area (Å²) in [4.78, 5) is 70.1. The molecule has 30 heteroatoms. The van der Waals surface area contributed by atoms with Gasteiger partial charge < -0.3 is 39.4 Å². The molecule has 4 aliphatic heterocycles. The number of rotatable bonds is 18. The van der Waals surface area contributed by atoms with Crippen molar-refractivity contribution in [3.8, 4) is 34.0 Å². The number of anilines is 2. The Balaban J connectivity index is 0.000000175. The van der Waals surface area contributed by atoms with Crippen LogP contribution in [0.2, 0.25) is 10.0 Å². The summed E-state index contributed by atoms with van der Waals surface area (Å²) in [5.41, 5.74) is 1.88. The molecule has 4 saturated heterocycles. The van der Waals surface area contributed by atoms with E-state index in [0.29, 0.717) is 76.7 Å². The van der Waals surface area contributed by atoms with Crippen LogP contribution in [0, 0.1) is 0 Å². The molecule has 0 radical (unpaired) electrons. The second-order valence-corrected chi connectivity index (χ2v) is 20.6. The highest BCUT2D eigenvalue weighted by molar-refractivity contribution is 6.31. The number of hydrogen-bond donors (Lipinski definition) is 2. The number of alkyl halides is 4. The normalized spacial score (nSPS) is 17.9. The van der Waals surface area contributed by atoms with E-state index in [0.717, 1.165) is 39.3 Å². The zero-order valence-corrected chi connectivity index (χ0v) is 46.2. The number of halogens is 6. The lowest BCUT2D eigenvalue weighted by Gasteiger charge is -2.28. The van der Waals surface area contributed by atoms with E-state index >= 15 is 0 Å². The summed E-state index contributed by atoms with van der Waals surface area (Å²) >= 11 is 12.5. The van der Waals surface area contributed by atoms with Crippen LogP contribution in [0.1, 0.15) is 45.6 Å². The minimum absolute atomic E-state index is 0.114. The number of carbonyl (C=O) groups is 4. The summed E-state index contributed by atoms with van der Waals surface area (Å²) in [6, 6.07) is 10.3. The Labute approximate surface area is 485 Å². The van der Waals surface area contributed by atoms with Gasteiger partial charge in [-0.2, -0.15) is 38.0 Å². The molecule has 24 nitrogen and oxygen atoms in total. The van der Waals surface area contributed by atoms with Gasteiger partial charge in [0.2, 0.25) is 11.8 Å². The predicted octanol–water partition coefficient (Wildman–Crippen LogP) is 6.41. The molecule has 2 unspecified atom stereocenters. The molecule has 12 rings (SSSR count). The van der Waals surface area contributed by atoms with E-state index in [-0.39, 0.29) is 78.4 Å². The van der Waals surface area contributed by atoms with Crippen LogP contribution in [0.25, 0.3) is 33.8 Å². The van der Waals surface area contributed by atoms with E-state index in [9.17, 15) is 36.7 Å². The van der Waals surface area contributed by atoms with Gasteiger partial charge in [-0.3, -0.25) is 38.3 Å². The smallest absolute Gasteiger partial charge is 0.387 e. The summed E-state index contributed by atoms with van der Waals surface area (Å²) in [5, 5.41) is 23.6. The SMILES string of the molecule is O=C(Nc1cn(C2CCN(CCN3CCOCC3)C2=O)nc1-c1cc(Cl)ccc1OC(F)F)c1cnn2cccnc12.O=C(Nc1cn(C2CCN(CCN3CCOCC3)C2=O)nc1-c1cc(Cl)ccc1OC(F)F)c1cnn2cccnc12. The molecule has 4 amide bonds. The monoisotopic (exact) mass is 1200 g/mol. The largest absolute Gasteiger partial charge is 0.434 e. The van der Waals surface area contributed by atoms with Crippen molar-refractivity contribution in [3.05, 3.63) is 119 Å². The number of ether oxygens (including phenoxy) is 4. The first-order chi connectivity index (χ1) is 40.7. The molecule has 84 heavy (non-hydrogen) atoms. The van der Waals surface area contributed by atoms with Gasteiger partial charge in [-0.05, 0) is 61.4 Å². The minimum Gasteiger partial charge on any atom is -0.434 e. The number of carbonyl (C=O) groups excluding carboxylic acids is 4. The van der Waals surface area contributed by atoms with Gasteiger partial charge in [0.1, 0.15) is 46.1 Å². The van der Waals surface area contributed by atoms with Crippen molar-refractivity contribution in [2.75, 3.05) is 103 Å². The van der Waals surface area contributed by atoms with Gasteiger partial charge in [0.05, 0.1) is 62.6 Å². The molecule has 4 fully saturated rings. The van der Waals surface area contributed by atoms with Crippen molar-refractivity contribution >= 4 is 69.5 Å². The lowest BCUT2D eigenvalue weighted by molar-refractivity contribution is -0.131. The van der Waals surface area contributed by atoms with Crippen LogP contribution in [-0.4, -0.2) is 197 Å². The molecule has 4 aliphatic rings. The molecule has 6 aromatic heterocycles. The molecule has 2 atom stereocenters. The third-order valence-electron chi connectivity index (χ3n) is 14.6. The maximum absolute atomic E-state index is 13.4. The fourth-order valence-electron chi connectivity index (χ4n) is 10.4. The number of hydrogen-bond acceptors (Lipinski definition) is 16. The number of morpholine rings is 2. The highest BCUT2D eigenvalue weighted by Gasteiger charge is 2.37. The second-order valence-electron chi connectivity index (χ2n) is 19.7. The van der Waals surface area contributed by atoms with E-state index in [1.54, 1.807) is 34.3 Å². The van der Waals surface area contributed by atoms with Crippen molar-refractivity contribution in [2.45, 2.75) is 38.1 Å². The maximum Gasteiger partial charge on any atom is 0.387 e. The number of fused-ring (bicyclic) bond motifs is 2. The van der Waals surface area contributed by atoms with Crippen molar-refractivity contribution in [1.82, 2.24) is 68.4 Å². The lowest BCUT2D eigenvalue weighted by Crippen LogP contribution is -2.42. The Hall–Kier alpha value is -8.28. The van der Waals surface area contributed by atoms with E-state index < -0.39 is 37.1 Å². The van der Waals surface area contributed by atoms with Crippen LogP contribution in [0.4, 0.5) is 28.9 Å². The Morgan fingerprint density at radius 1 is 0.607 bits per heavy atom. The Kier molecular flexibility index (Phi) is 17.6. The summed E-state index contributed by atoms with van der Waals surface area (Å²) in [7, 11) is 0. The molecule has 0 spiro atoms. The second kappa shape index (κ2) is 25.7. The minimum atomic E-state index is -3.11. The number of likely N-dealkylation sites (tertiary alicyclic amines) is 2. The maximum atomic E-state index is 13.4. The Morgan fingerprint density at radius 2 is 1.02 bits per heavy atom. The molecule has 2 N–H and O–H groups in total. The van der Waals surface area contributed by atoms with Crippen molar-refractivity contribution in [3.63, 3.8) is 0 Å². The number of nitrogens with zero attached hydrogens (tertiary/aromatic N) is 14. The molecule has 440 valence electrons. The third-order valence-corrected chi connectivity index (χ3v) is 15.1. The Bertz CT molecular complexity index is 3450. The molecule has 0 saturated carbocycles. The van der Waals surface area contributed by atoms with E-state index in [1.807, 2.05) is 0 Å². The van der Waals surface area contributed by atoms with E-state index in [2.05, 4.69) is 50.8 Å². The van der Waals surface area contributed by atoms with Crippen molar-refractivity contribution < 1.29 is 55.7 Å². The van der Waals surface area contributed by atoms with Crippen LogP contribution in [0.3, 0.4) is 0 Å². The fraction of sp³-hybridized carbons (Fsp3) is 0.370. The zero-order valence-electron chi connectivity index (χ0n) is 44.7. The number of benzene rings is 2. The first-order valence-corrected chi connectivity index (χ1v) is 27.5. The number of amides is 4. The standard InChI is InChI=1S/2C27H27ClF2N8O4/c2*28-17-2-3-22(42-27(29)30)18(14-17)23-20(33-25(39)19-15-32-37-6-1-5-31-24(19)37)16-38(34-23)21-4-7-36(26(21)40)9-8-35-10-12-41-13-11-35/h2*1-3,5-6,14-16,21,27H,4,7-13H2,(H,33,39). The molecule has 0 bridgehead atoms. The number of aromatic nitrogens is 10. The van der Waals surface area contributed by atoms with Gasteiger partial charge >= 0.3 is 13.2 Å². The quantitative estimate of drug-likeness (QED) is 0.0883. The van der Waals surface area contributed by atoms with Crippen molar-refractivity contribution in [1.29, 1.82) is 0 Å². The van der Waals surface area contributed by atoms with Gasteiger partial charge in [0, 0.05) is 111 Å². The number of nitrogens with one attached hydrogen (secondary N) is 2. The first kappa shape index (κ1) is 57.5. The van der Waals surface area contributed by atoms with Crippen LogP contribution in [0.15, 0.2) is 98.1 Å². The van der Waals surface area contributed by atoms with Gasteiger partial charge in [0.15, 0.2) is 11.3 Å². The topological polar surface area (TPSA) is 238 Å². The van der Waals surface area contributed by atoms with Crippen LogP contribution in [0.5, 0.6) is 11.5 Å². The first-order valence-electron chi connectivity index (χ1n) is 26.8.